The van der Waals surface area contributed by atoms with Gasteiger partial charge in [0.15, 0.2) is 0 Å². The summed E-state index contributed by atoms with van der Waals surface area (Å²) in [6, 6.07) is 31.4. The van der Waals surface area contributed by atoms with E-state index in [9.17, 15) is 0 Å². The zero-order valence-corrected chi connectivity index (χ0v) is 19.8. The van der Waals surface area contributed by atoms with Gasteiger partial charge >= 0.3 is 0 Å². The van der Waals surface area contributed by atoms with Crippen molar-refractivity contribution in [1.29, 1.82) is 0 Å². The molecule has 0 aliphatic rings. The molecule has 0 aliphatic heterocycles. The molecule has 4 aromatic carbocycles. The second kappa shape index (κ2) is 7.41. The molecule has 0 saturated heterocycles. The molecule has 0 fully saturated rings. The van der Waals surface area contributed by atoms with E-state index < -0.39 is 0 Å². The van der Waals surface area contributed by atoms with Gasteiger partial charge in [-0.15, -0.1) is 11.3 Å². The number of nitrogens with zero attached hydrogens (tertiary/aromatic N) is 5. The first kappa shape index (κ1) is 19.6. The van der Waals surface area contributed by atoms with Crippen LogP contribution in [0.2, 0.25) is 0 Å². The average molecular weight is 480 g/mol. The highest BCUT2D eigenvalue weighted by Gasteiger charge is 2.21. The molecule has 6 heteroatoms. The average Bonchev–Trinajstić information content (AvgIpc) is 3.48. The molecule has 4 heterocycles. The second-order valence-corrected chi connectivity index (χ2v) is 9.86. The van der Waals surface area contributed by atoms with Gasteiger partial charge in [0.2, 0.25) is 5.95 Å². The van der Waals surface area contributed by atoms with Gasteiger partial charge in [0.25, 0.3) is 0 Å². The molecule has 0 aliphatic carbocycles. The van der Waals surface area contributed by atoms with Gasteiger partial charge in [-0.1, -0.05) is 72.8 Å². The van der Waals surface area contributed by atoms with Crippen LogP contribution in [0.3, 0.4) is 0 Å². The van der Waals surface area contributed by atoms with Gasteiger partial charge in [-0.25, -0.2) is 19.9 Å². The lowest BCUT2D eigenvalue weighted by Gasteiger charge is -2.12. The van der Waals surface area contributed by atoms with Gasteiger partial charge in [-0.05, 0) is 18.2 Å². The van der Waals surface area contributed by atoms with Gasteiger partial charge < -0.3 is 0 Å². The first-order chi connectivity index (χ1) is 17.9. The molecule has 0 radical (unpaired) electrons. The highest BCUT2D eigenvalue weighted by Crippen LogP contribution is 2.42. The summed E-state index contributed by atoms with van der Waals surface area (Å²) >= 11 is 1.71. The van der Waals surface area contributed by atoms with Crippen LogP contribution in [0.1, 0.15) is 0 Å². The Labute approximate surface area is 209 Å². The van der Waals surface area contributed by atoms with Crippen LogP contribution in [0.15, 0.2) is 104 Å². The largest absolute Gasteiger partial charge is 0.277 e. The summed E-state index contributed by atoms with van der Waals surface area (Å²) in [6.45, 7) is 0. The molecule has 8 aromatic rings. The van der Waals surface area contributed by atoms with Crippen LogP contribution in [-0.4, -0.2) is 24.5 Å². The Morgan fingerprint density at radius 3 is 2.39 bits per heavy atom. The fourth-order valence-corrected chi connectivity index (χ4v) is 6.27. The first-order valence-electron chi connectivity index (χ1n) is 11.7. The zero-order chi connectivity index (χ0) is 23.6. The third kappa shape index (κ3) is 2.70. The SMILES string of the molecule is c1ccc(-c2nc(-n3c4ccccc4c4ccc5sc6cncnc6c5c43)nc3ccccc23)cc1. The molecule has 8 rings (SSSR count). The third-order valence-corrected chi connectivity index (χ3v) is 7.85. The number of benzene rings is 4. The van der Waals surface area contributed by atoms with Gasteiger partial charge in [0.1, 0.15) is 6.33 Å². The molecule has 168 valence electrons. The maximum atomic E-state index is 5.21. The normalized spacial score (nSPS) is 11.9. The van der Waals surface area contributed by atoms with E-state index in [-0.39, 0.29) is 0 Å². The van der Waals surface area contributed by atoms with Crippen molar-refractivity contribution in [1.82, 2.24) is 24.5 Å². The van der Waals surface area contributed by atoms with Crippen molar-refractivity contribution >= 4 is 64.3 Å². The summed E-state index contributed by atoms with van der Waals surface area (Å²) in [5.41, 5.74) is 6.01. The van der Waals surface area contributed by atoms with E-state index in [4.69, 9.17) is 9.97 Å². The summed E-state index contributed by atoms with van der Waals surface area (Å²) in [6.07, 6.45) is 3.52. The van der Waals surface area contributed by atoms with Crippen molar-refractivity contribution in [3.05, 3.63) is 104 Å². The molecule has 0 N–H and O–H groups in total. The Kier molecular flexibility index (Phi) is 4.03. The number of hydrogen-bond acceptors (Lipinski definition) is 5. The molecule has 4 aromatic heterocycles. The highest BCUT2D eigenvalue weighted by molar-refractivity contribution is 7.25. The van der Waals surface area contributed by atoms with Crippen LogP contribution in [-0.2, 0) is 0 Å². The van der Waals surface area contributed by atoms with Crippen LogP contribution in [0, 0.1) is 0 Å². The molecule has 0 bridgehead atoms. The van der Waals surface area contributed by atoms with E-state index in [1.807, 2.05) is 36.5 Å². The molecule has 0 spiro atoms. The predicted octanol–water partition coefficient (Wildman–Crippen LogP) is 7.55. The highest BCUT2D eigenvalue weighted by atomic mass is 32.1. The lowest BCUT2D eigenvalue weighted by Crippen LogP contribution is -2.03. The van der Waals surface area contributed by atoms with E-state index in [1.165, 1.54) is 10.1 Å². The number of rotatable bonds is 2. The minimum atomic E-state index is 0.652. The number of aromatic nitrogens is 5. The number of hydrogen-bond donors (Lipinski definition) is 0. The van der Waals surface area contributed by atoms with Crippen molar-refractivity contribution in [2.24, 2.45) is 0 Å². The Morgan fingerprint density at radius 1 is 0.667 bits per heavy atom. The minimum Gasteiger partial charge on any atom is -0.277 e. The molecule has 0 amide bonds. The summed E-state index contributed by atoms with van der Waals surface area (Å²) in [7, 11) is 0. The van der Waals surface area contributed by atoms with Crippen LogP contribution < -0.4 is 0 Å². The lowest BCUT2D eigenvalue weighted by atomic mass is 10.1. The van der Waals surface area contributed by atoms with Crippen molar-refractivity contribution in [3.8, 4) is 17.2 Å². The van der Waals surface area contributed by atoms with Crippen LogP contribution >= 0.6 is 11.3 Å². The Hall–Kier alpha value is -4.68. The molecule has 5 nitrogen and oxygen atoms in total. The smallest absolute Gasteiger partial charge is 0.235 e. The first-order valence-corrected chi connectivity index (χ1v) is 12.6. The predicted molar refractivity (Wildman–Crippen MR) is 148 cm³/mol. The van der Waals surface area contributed by atoms with E-state index in [2.05, 4.69) is 75.2 Å². The van der Waals surface area contributed by atoms with Crippen molar-refractivity contribution in [3.63, 3.8) is 0 Å². The van der Waals surface area contributed by atoms with E-state index >= 15 is 0 Å². The van der Waals surface area contributed by atoms with Gasteiger partial charge in [0.05, 0.1) is 32.5 Å². The summed E-state index contributed by atoms with van der Waals surface area (Å²) in [5, 5.41) is 4.48. The standard InChI is InChI=1S/C30H17N5S/c1-2-8-18(9-3-1)27-21-11-4-6-12-22(21)33-30(34-27)35-23-13-7-5-10-19(23)20-14-15-24-26(29(20)35)28-25(36-24)16-31-17-32-28/h1-17H. The van der Waals surface area contributed by atoms with Crippen LogP contribution in [0.4, 0.5) is 0 Å². The lowest BCUT2D eigenvalue weighted by molar-refractivity contribution is 1.02. The number of thiophene rings is 1. The van der Waals surface area contributed by atoms with Gasteiger partial charge in [-0.3, -0.25) is 4.57 Å². The molecular formula is C30H17N5S. The summed E-state index contributed by atoms with van der Waals surface area (Å²) < 4.78 is 4.45. The van der Waals surface area contributed by atoms with Gasteiger partial charge in [0, 0.05) is 38.0 Å². The summed E-state index contributed by atoms with van der Waals surface area (Å²) in [5.74, 6) is 0.652. The Balaban J connectivity index is 1.59. The third-order valence-electron chi connectivity index (χ3n) is 6.77. The van der Waals surface area contributed by atoms with E-state index in [0.29, 0.717) is 5.95 Å². The zero-order valence-electron chi connectivity index (χ0n) is 19.0. The summed E-state index contributed by atoms with van der Waals surface area (Å²) in [4.78, 5) is 19.2. The Morgan fingerprint density at radius 2 is 1.47 bits per heavy atom. The molecule has 0 atom stereocenters. The fourth-order valence-electron chi connectivity index (χ4n) is 5.24. The molecule has 36 heavy (non-hydrogen) atoms. The number of fused-ring (bicyclic) bond motifs is 8. The second-order valence-electron chi connectivity index (χ2n) is 8.78. The quantitative estimate of drug-likeness (QED) is 0.257. The fraction of sp³-hybridized carbons (Fsp3) is 0. The van der Waals surface area contributed by atoms with E-state index in [0.717, 1.165) is 54.2 Å². The monoisotopic (exact) mass is 479 g/mol. The Bertz CT molecular complexity index is 2110. The number of para-hydroxylation sites is 2. The van der Waals surface area contributed by atoms with Crippen LogP contribution in [0.25, 0.3) is 70.2 Å². The van der Waals surface area contributed by atoms with E-state index in [1.54, 1.807) is 17.7 Å². The maximum absolute atomic E-state index is 5.21. The van der Waals surface area contributed by atoms with Crippen molar-refractivity contribution < 1.29 is 0 Å². The van der Waals surface area contributed by atoms with Crippen molar-refractivity contribution in [2.75, 3.05) is 0 Å². The van der Waals surface area contributed by atoms with Gasteiger partial charge in [-0.2, -0.15) is 0 Å². The topological polar surface area (TPSA) is 56.5 Å². The molecular weight excluding hydrogens is 462 g/mol. The molecule has 0 unspecified atom stereocenters. The maximum Gasteiger partial charge on any atom is 0.235 e. The van der Waals surface area contributed by atoms with Crippen LogP contribution in [0.5, 0.6) is 0 Å². The molecule has 0 saturated carbocycles. The van der Waals surface area contributed by atoms with Crippen molar-refractivity contribution in [2.45, 2.75) is 0 Å². The minimum absolute atomic E-state index is 0.652.